The number of benzene rings is 2. The van der Waals surface area contributed by atoms with E-state index in [1.54, 1.807) is 6.07 Å². The van der Waals surface area contributed by atoms with Crippen molar-refractivity contribution in [2.75, 3.05) is 0 Å². The fourth-order valence-corrected chi connectivity index (χ4v) is 4.66. The smallest absolute Gasteiger partial charge is 0.174 e. The first kappa shape index (κ1) is 19.3. The van der Waals surface area contributed by atoms with Crippen LogP contribution in [0.3, 0.4) is 0 Å². The number of hydrogen-bond donors (Lipinski definition) is 1. The molecule has 3 heterocycles. The number of fused-ring (bicyclic) bond motifs is 3. The van der Waals surface area contributed by atoms with Crippen LogP contribution in [0, 0.1) is 0 Å². The number of Topliss-reactive ketones (excluding diaryl/α,β-unsaturated/α-hetero) is 1. The molecule has 3 aliphatic heterocycles. The number of aryl methyl sites for hydroxylation is 1. The summed E-state index contributed by atoms with van der Waals surface area (Å²) in [5.41, 5.74) is 2.63. The Morgan fingerprint density at radius 3 is 2.40 bits per heavy atom. The summed E-state index contributed by atoms with van der Waals surface area (Å²) in [4.78, 5) is 13.0. The Balaban J connectivity index is 1.48. The van der Waals surface area contributed by atoms with Gasteiger partial charge in [0.25, 0.3) is 0 Å². The van der Waals surface area contributed by atoms with Crippen LogP contribution in [-0.2, 0) is 12.8 Å². The van der Waals surface area contributed by atoms with Crippen LogP contribution in [0.4, 0.5) is 0 Å². The van der Waals surface area contributed by atoms with Gasteiger partial charge in [0.15, 0.2) is 5.78 Å². The van der Waals surface area contributed by atoms with E-state index in [-0.39, 0.29) is 40.8 Å². The fourth-order valence-electron chi connectivity index (χ4n) is 4.66. The van der Waals surface area contributed by atoms with Gasteiger partial charge in [-0.05, 0) is 76.6 Å². The molecule has 5 heteroatoms. The average molecular weight is 408 g/mol. The summed E-state index contributed by atoms with van der Waals surface area (Å²) in [5.74, 6) is 1.83. The standard InChI is InChI=1S/C25H28O5/c1-24(2)9-7-15-11-14(5-6-18(15)29-24)19-12-17(26)22-21(28-19)13-20-16(23(22)27)8-10-25(3,4)30-20/h5-6,11,13,19,27H,7-10,12H2,1-4H3. The maximum atomic E-state index is 13.0. The fraction of sp³-hybridized carbons (Fsp3) is 0.480. The monoisotopic (exact) mass is 408 g/mol. The third kappa shape index (κ3) is 3.21. The third-order valence-electron chi connectivity index (χ3n) is 6.45. The van der Waals surface area contributed by atoms with Gasteiger partial charge < -0.3 is 19.3 Å². The second-order valence-corrected chi connectivity index (χ2v) is 9.90. The number of phenolic OH excluding ortho intramolecular Hbond substituents is 1. The van der Waals surface area contributed by atoms with Crippen molar-refractivity contribution in [1.29, 1.82) is 0 Å². The molecule has 0 amide bonds. The lowest BCUT2D eigenvalue weighted by Crippen LogP contribution is -2.33. The largest absolute Gasteiger partial charge is 0.507 e. The maximum absolute atomic E-state index is 13.0. The summed E-state index contributed by atoms with van der Waals surface area (Å²) in [6, 6.07) is 7.82. The highest BCUT2D eigenvalue weighted by Crippen LogP contribution is 2.48. The molecule has 0 fully saturated rings. The van der Waals surface area contributed by atoms with E-state index in [9.17, 15) is 9.90 Å². The van der Waals surface area contributed by atoms with Crippen LogP contribution < -0.4 is 14.2 Å². The van der Waals surface area contributed by atoms with Crippen LogP contribution in [0.2, 0.25) is 0 Å². The van der Waals surface area contributed by atoms with Crippen LogP contribution in [0.25, 0.3) is 0 Å². The SMILES string of the molecule is CC1(C)CCc2cc(C3CC(=O)c4c(cc5c(c4O)CCC(C)(C)O5)O3)ccc2O1. The predicted octanol–water partition coefficient (Wildman–Crippen LogP) is 5.31. The molecule has 0 saturated heterocycles. The molecule has 30 heavy (non-hydrogen) atoms. The lowest BCUT2D eigenvalue weighted by Gasteiger charge is -2.35. The minimum absolute atomic E-state index is 0.0162. The number of hydrogen-bond acceptors (Lipinski definition) is 5. The molecule has 5 nitrogen and oxygen atoms in total. The molecular weight excluding hydrogens is 380 g/mol. The van der Waals surface area contributed by atoms with E-state index in [2.05, 4.69) is 19.9 Å². The molecule has 0 aromatic heterocycles. The van der Waals surface area contributed by atoms with Crippen LogP contribution in [-0.4, -0.2) is 22.1 Å². The van der Waals surface area contributed by atoms with E-state index in [0.29, 0.717) is 23.5 Å². The molecule has 1 unspecified atom stereocenters. The average Bonchev–Trinajstić information content (AvgIpc) is 2.65. The first-order valence-corrected chi connectivity index (χ1v) is 10.7. The number of aromatic hydroxyl groups is 1. The molecule has 3 aliphatic rings. The van der Waals surface area contributed by atoms with E-state index in [4.69, 9.17) is 14.2 Å². The molecule has 158 valence electrons. The van der Waals surface area contributed by atoms with E-state index >= 15 is 0 Å². The molecule has 5 rings (SSSR count). The minimum atomic E-state index is -0.390. The number of carbonyl (C=O) groups excluding carboxylic acids is 1. The highest BCUT2D eigenvalue weighted by Gasteiger charge is 2.37. The molecule has 0 spiro atoms. The number of phenols is 1. The number of carbonyl (C=O) groups is 1. The van der Waals surface area contributed by atoms with Crippen molar-refractivity contribution < 1.29 is 24.1 Å². The molecule has 1 N–H and O–H groups in total. The van der Waals surface area contributed by atoms with Gasteiger partial charge in [0, 0.05) is 11.6 Å². The Morgan fingerprint density at radius 2 is 1.63 bits per heavy atom. The zero-order chi connectivity index (χ0) is 21.3. The van der Waals surface area contributed by atoms with Crippen molar-refractivity contribution in [3.05, 3.63) is 46.5 Å². The van der Waals surface area contributed by atoms with Crippen molar-refractivity contribution in [2.24, 2.45) is 0 Å². The first-order valence-electron chi connectivity index (χ1n) is 10.7. The van der Waals surface area contributed by atoms with Crippen LogP contribution in [0.15, 0.2) is 24.3 Å². The zero-order valence-corrected chi connectivity index (χ0v) is 18.0. The Hall–Kier alpha value is -2.69. The topological polar surface area (TPSA) is 65.0 Å². The van der Waals surface area contributed by atoms with Crippen LogP contribution in [0.1, 0.15) is 80.1 Å². The Bertz CT molecular complexity index is 1050. The summed E-state index contributed by atoms with van der Waals surface area (Å²) >= 11 is 0. The Morgan fingerprint density at radius 1 is 0.933 bits per heavy atom. The summed E-state index contributed by atoms with van der Waals surface area (Å²) in [7, 11) is 0. The van der Waals surface area contributed by atoms with Gasteiger partial charge in [0.05, 0.1) is 6.42 Å². The second-order valence-electron chi connectivity index (χ2n) is 9.90. The van der Waals surface area contributed by atoms with Crippen molar-refractivity contribution in [3.8, 4) is 23.0 Å². The highest BCUT2D eigenvalue weighted by molar-refractivity contribution is 6.03. The summed E-state index contributed by atoms with van der Waals surface area (Å²) < 4.78 is 18.4. The van der Waals surface area contributed by atoms with Gasteiger partial charge >= 0.3 is 0 Å². The van der Waals surface area contributed by atoms with Gasteiger partial charge in [-0.3, -0.25) is 4.79 Å². The van der Waals surface area contributed by atoms with Crippen molar-refractivity contribution in [2.45, 2.75) is 77.1 Å². The Labute approximate surface area is 177 Å². The molecular formula is C25H28O5. The van der Waals surface area contributed by atoms with E-state index in [1.807, 2.05) is 26.0 Å². The molecule has 0 bridgehead atoms. The quantitative estimate of drug-likeness (QED) is 0.693. The van der Waals surface area contributed by atoms with Crippen LogP contribution in [0.5, 0.6) is 23.0 Å². The number of ether oxygens (including phenoxy) is 3. The number of rotatable bonds is 1. The molecule has 0 radical (unpaired) electrons. The van der Waals surface area contributed by atoms with Crippen LogP contribution >= 0.6 is 0 Å². The van der Waals surface area contributed by atoms with Crippen molar-refractivity contribution in [3.63, 3.8) is 0 Å². The maximum Gasteiger partial charge on any atom is 0.174 e. The highest BCUT2D eigenvalue weighted by atomic mass is 16.5. The predicted molar refractivity (Wildman–Crippen MR) is 113 cm³/mol. The lowest BCUT2D eigenvalue weighted by molar-refractivity contribution is 0.0782. The molecule has 1 atom stereocenters. The lowest BCUT2D eigenvalue weighted by atomic mass is 9.88. The van der Waals surface area contributed by atoms with Gasteiger partial charge in [-0.2, -0.15) is 0 Å². The Kier molecular flexibility index (Phi) is 4.12. The molecule has 2 aromatic carbocycles. The van der Waals surface area contributed by atoms with Gasteiger partial charge in [0.1, 0.15) is 45.9 Å². The molecule has 2 aromatic rings. The van der Waals surface area contributed by atoms with Crippen molar-refractivity contribution >= 4 is 5.78 Å². The van der Waals surface area contributed by atoms with E-state index in [1.165, 1.54) is 0 Å². The van der Waals surface area contributed by atoms with Crippen molar-refractivity contribution in [1.82, 2.24) is 0 Å². The number of ketones is 1. The normalized spacial score (nSPS) is 23.2. The van der Waals surface area contributed by atoms with Gasteiger partial charge in [-0.15, -0.1) is 0 Å². The summed E-state index contributed by atoms with van der Waals surface area (Å²) in [6.45, 7) is 8.25. The van der Waals surface area contributed by atoms with Gasteiger partial charge in [0.2, 0.25) is 0 Å². The molecule has 0 aliphatic carbocycles. The zero-order valence-electron chi connectivity index (χ0n) is 18.0. The van der Waals surface area contributed by atoms with Gasteiger partial charge in [-0.25, -0.2) is 0 Å². The minimum Gasteiger partial charge on any atom is -0.507 e. The van der Waals surface area contributed by atoms with E-state index < -0.39 is 0 Å². The molecule has 0 saturated carbocycles. The summed E-state index contributed by atoms with van der Waals surface area (Å²) in [6.07, 6.45) is 3.17. The second kappa shape index (κ2) is 6.40. The summed E-state index contributed by atoms with van der Waals surface area (Å²) in [5, 5.41) is 10.8. The van der Waals surface area contributed by atoms with E-state index in [0.717, 1.165) is 36.1 Å². The van der Waals surface area contributed by atoms with Gasteiger partial charge in [-0.1, -0.05) is 6.07 Å². The third-order valence-corrected chi connectivity index (χ3v) is 6.45. The first-order chi connectivity index (χ1) is 14.1.